The maximum absolute atomic E-state index is 3.87. The number of nitrogens with one attached hydrogen (secondary N) is 2. The molecule has 128 valence electrons. The van der Waals surface area contributed by atoms with Crippen LogP contribution in [0.25, 0.3) is 0 Å². The third-order valence-electron chi connectivity index (χ3n) is 6.57. The van der Waals surface area contributed by atoms with Crippen molar-refractivity contribution in [3.05, 3.63) is 0 Å². The van der Waals surface area contributed by atoms with Crippen molar-refractivity contribution in [1.29, 1.82) is 0 Å². The average Bonchev–Trinajstić information content (AvgIpc) is 2.61. The van der Waals surface area contributed by atoms with Crippen LogP contribution in [0.4, 0.5) is 0 Å². The minimum absolute atomic E-state index is 0.847. The van der Waals surface area contributed by atoms with Crippen LogP contribution in [0.2, 0.25) is 0 Å². The molecule has 0 saturated heterocycles. The van der Waals surface area contributed by atoms with Crippen LogP contribution in [-0.4, -0.2) is 25.2 Å². The Hall–Kier alpha value is -0.0800. The van der Waals surface area contributed by atoms with Gasteiger partial charge in [-0.3, -0.25) is 0 Å². The quantitative estimate of drug-likeness (QED) is 0.747. The summed E-state index contributed by atoms with van der Waals surface area (Å²) in [6, 6.07) is 1.69. The highest BCUT2D eigenvalue weighted by Gasteiger charge is 2.23. The summed E-state index contributed by atoms with van der Waals surface area (Å²) in [7, 11) is 0. The van der Waals surface area contributed by atoms with Gasteiger partial charge in [-0.1, -0.05) is 38.5 Å². The lowest BCUT2D eigenvalue weighted by molar-refractivity contribution is 0.237. The molecule has 0 unspecified atom stereocenters. The van der Waals surface area contributed by atoms with Gasteiger partial charge in [-0.25, -0.2) is 0 Å². The number of hydrogen-bond acceptors (Lipinski definition) is 2. The second-order valence-electron chi connectivity index (χ2n) is 8.37. The molecular weight excluding hydrogens is 268 g/mol. The van der Waals surface area contributed by atoms with Crippen LogP contribution in [0.3, 0.4) is 0 Å². The van der Waals surface area contributed by atoms with E-state index in [2.05, 4.69) is 10.6 Å². The minimum atomic E-state index is 0.847. The Bertz CT molecular complexity index is 254. The zero-order valence-electron chi connectivity index (χ0n) is 14.6. The molecule has 2 heteroatoms. The molecule has 2 nitrogen and oxygen atoms in total. The van der Waals surface area contributed by atoms with Gasteiger partial charge >= 0.3 is 0 Å². The third-order valence-corrected chi connectivity index (χ3v) is 6.57. The molecule has 0 aromatic carbocycles. The Labute approximate surface area is 138 Å². The van der Waals surface area contributed by atoms with E-state index in [0.717, 1.165) is 23.9 Å². The van der Waals surface area contributed by atoms with Gasteiger partial charge in [0.05, 0.1) is 0 Å². The largest absolute Gasteiger partial charge is 0.314 e. The van der Waals surface area contributed by atoms with Gasteiger partial charge in [-0.2, -0.15) is 0 Å². The zero-order chi connectivity index (χ0) is 15.0. The highest BCUT2D eigenvalue weighted by Crippen LogP contribution is 2.29. The summed E-state index contributed by atoms with van der Waals surface area (Å²) in [6.45, 7) is 2.60. The molecule has 22 heavy (non-hydrogen) atoms. The maximum Gasteiger partial charge on any atom is 0.00671 e. The SMILES string of the molecule is C1CCC(NCC2CCC(CNC3CCCCC3)CC2)CC1. The molecule has 3 aliphatic carbocycles. The Balaban J connectivity index is 1.25. The normalized spacial score (nSPS) is 32.2. The molecule has 0 aromatic heterocycles. The molecule has 0 atom stereocenters. The van der Waals surface area contributed by atoms with Gasteiger partial charge in [0.1, 0.15) is 0 Å². The van der Waals surface area contributed by atoms with Crippen LogP contribution < -0.4 is 10.6 Å². The molecule has 0 radical (unpaired) electrons. The predicted octanol–water partition coefficient (Wildman–Crippen LogP) is 4.64. The molecule has 0 aliphatic heterocycles. The van der Waals surface area contributed by atoms with Gasteiger partial charge in [0.25, 0.3) is 0 Å². The highest BCUT2D eigenvalue weighted by molar-refractivity contribution is 4.80. The molecule has 0 aromatic rings. The summed E-state index contributed by atoms with van der Waals surface area (Å²) in [6.07, 6.45) is 20.4. The van der Waals surface area contributed by atoms with Gasteiger partial charge in [0.2, 0.25) is 0 Å². The molecule has 3 saturated carbocycles. The van der Waals surface area contributed by atoms with Gasteiger partial charge in [0, 0.05) is 12.1 Å². The van der Waals surface area contributed by atoms with E-state index in [1.54, 1.807) is 0 Å². The van der Waals surface area contributed by atoms with Crippen LogP contribution in [0.15, 0.2) is 0 Å². The van der Waals surface area contributed by atoms with Crippen molar-refractivity contribution in [3.63, 3.8) is 0 Å². The zero-order valence-corrected chi connectivity index (χ0v) is 14.6. The van der Waals surface area contributed by atoms with Crippen molar-refractivity contribution in [2.45, 2.75) is 102 Å². The minimum Gasteiger partial charge on any atom is -0.314 e. The monoisotopic (exact) mass is 306 g/mol. The molecule has 3 fully saturated rings. The van der Waals surface area contributed by atoms with Gasteiger partial charge < -0.3 is 10.6 Å². The Kier molecular flexibility index (Phi) is 7.07. The van der Waals surface area contributed by atoms with Crippen molar-refractivity contribution in [3.8, 4) is 0 Å². The van der Waals surface area contributed by atoms with E-state index in [4.69, 9.17) is 0 Å². The second kappa shape index (κ2) is 9.27. The fourth-order valence-corrected chi connectivity index (χ4v) is 4.92. The molecule has 0 amide bonds. The van der Waals surface area contributed by atoms with Gasteiger partial charge in [-0.15, -0.1) is 0 Å². The highest BCUT2D eigenvalue weighted by atomic mass is 14.9. The lowest BCUT2D eigenvalue weighted by Gasteiger charge is -2.32. The standard InChI is InChI=1S/C20H38N2/c1-3-7-19(8-4-1)21-15-17-11-13-18(14-12-17)16-22-20-9-5-2-6-10-20/h17-22H,1-16H2. The molecule has 0 bridgehead atoms. The fourth-order valence-electron chi connectivity index (χ4n) is 4.92. The Morgan fingerprint density at radius 2 is 0.818 bits per heavy atom. The first kappa shape index (κ1) is 16.8. The van der Waals surface area contributed by atoms with Gasteiger partial charge in [-0.05, 0) is 76.3 Å². The molecule has 0 heterocycles. The van der Waals surface area contributed by atoms with Crippen molar-refractivity contribution in [1.82, 2.24) is 10.6 Å². The van der Waals surface area contributed by atoms with Crippen molar-refractivity contribution < 1.29 is 0 Å². The molecule has 0 spiro atoms. The summed E-state index contributed by atoms with van der Waals surface area (Å²) >= 11 is 0. The summed E-state index contributed by atoms with van der Waals surface area (Å²) in [5.74, 6) is 1.93. The fraction of sp³-hybridized carbons (Fsp3) is 1.00. The van der Waals surface area contributed by atoms with E-state index >= 15 is 0 Å². The van der Waals surface area contributed by atoms with Crippen molar-refractivity contribution in [2.75, 3.05) is 13.1 Å². The van der Waals surface area contributed by atoms with E-state index in [1.807, 2.05) is 0 Å². The van der Waals surface area contributed by atoms with E-state index in [-0.39, 0.29) is 0 Å². The molecule has 3 rings (SSSR count). The van der Waals surface area contributed by atoms with Crippen LogP contribution in [0.5, 0.6) is 0 Å². The van der Waals surface area contributed by atoms with Gasteiger partial charge in [0.15, 0.2) is 0 Å². The number of hydrogen-bond donors (Lipinski definition) is 2. The Morgan fingerprint density at radius 1 is 0.455 bits per heavy atom. The van der Waals surface area contributed by atoms with E-state index in [1.165, 1.54) is 103 Å². The second-order valence-corrected chi connectivity index (χ2v) is 8.37. The average molecular weight is 307 g/mol. The number of rotatable bonds is 6. The van der Waals surface area contributed by atoms with E-state index < -0.39 is 0 Å². The molecule has 3 aliphatic rings. The predicted molar refractivity (Wildman–Crippen MR) is 95.2 cm³/mol. The summed E-state index contributed by atoms with van der Waals surface area (Å²) < 4.78 is 0. The molecular formula is C20H38N2. The van der Waals surface area contributed by atoms with Crippen LogP contribution >= 0.6 is 0 Å². The maximum atomic E-state index is 3.87. The van der Waals surface area contributed by atoms with Crippen LogP contribution in [0, 0.1) is 11.8 Å². The lowest BCUT2D eigenvalue weighted by Crippen LogP contribution is -2.38. The summed E-state index contributed by atoms with van der Waals surface area (Å²) in [4.78, 5) is 0. The topological polar surface area (TPSA) is 24.1 Å². The Morgan fingerprint density at radius 3 is 1.18 bits per heavy atom. The first-order valence-corrected chi connectivity index (χ1v) is 10.4. The van der Waals surface area contributed by atoms with Crippen LogP contribution in [0.1, 0.15) is 89.9 Å². The smallest absolute Gasteiger partial charge is 0.00671 e. The van der Waals surface area contributed by atoms with Crippen LogP contribution in [-0.2, 0) is 0 Å². The summed E-state index contributed by atoms with van der Waals surface area (Å²) in [5, 5.41) is 7.75. The van der Waals surface area contributed by atoms with E-state index in [9.17, 15) is 0 Å². The first-order chi connectivity index (χ1) is 10.9. The molecule has 2 N–H and O–H groups in total. The summed E-state index contributed by atoms with van der Waals surface area (Å²) in [5.41, 5.74) is 0. The third kappa shape index (κ3) is 5.53. The lowest BCUT2D eigenvalue weighted by atomic mass is 9.81. The van der Waals surface area contributed by atoms with E-state index in [0.29, 0.717) is 0 Å². The van der Waals surface area contributed by atoms with Crippen molar-refractivity contribution in [2.24, 2.45) is 11.8 Å². The first-order valence-electron chi connectivity index (χ1n) is 10.4. The van der Waals surface area contributed by atoms with Crippen molar-refractivity contribution >= 4 is 0 Å².